The first-order valence-corrected chi connectivity index (χ1v) is 11.8. The standard InChI is InChI=1S/C26H30ClN7/c1-16-6-5-7-19-20(15-33(4)25(16)19)24-21(27)13-29-26(31-24)30-17-8-9-23(22(28)12-17)34-11-10-18(14-34)32(2)3/h5-9,12-13,15,18H,10-11,14,28H2,1-4H3,(H,29,30,31). The number of para-hydroxylation sites is 1. The summed E-state index contributed by atoms with van der Waals surface area (Å²) in [6.07, 6.45) is 4.85. The van der Waals surface area contributed by atoms with Crippen LogP contribution in [0.3, 0.4) is 0 Å². The van der Waals surface area contributed by atoms with Crippen molar-refractivity contribution in [2.45, 2.75) is 19.4 Å². The second-order valence-corrected chi connectivity index (χ2v) is 9.67. The zero-order valence-corrected chi connectivity index (χ0v) is 20.8. The van der Waals surface area contributed by atoms with Crippen molar-refractivity contribution in [3.63, 3.8) is 0 Å². The minimum absolute atomic E-state index is 0.477. The second-order valence-electron chi connectivity index (χ2n) is 9.27. The fourth-order valence-electron chi connectivity index (χ4n) is 4.91. The van der Waals surface area contributed by atoms with E-state index in [0.717, 1.165) is 47.5 Å². The Morgan fingerprint density at radius 3 is 2.76 bits per heavy atom. The normalized spacial score (nSPS) is 16.1. The third kappa shape index (κ3) is 4.06. The molecule has 34 heavy (non-hydrogen) atoms. The highest BCUT2D eigenvalue weighted by Crippen LogP contribution is 2.35. The van der Waals surface area contributed by atoms with Crippen molar-refractivity contribution in [2.75, 3.05) is 43.1 Å². The molecule has 1 fully saturated rings. The maximum Gasteiger partial charge on any atom is 0.227 e. The van der Waals surface area contributed by atoms with Crippen molar-refractivity contribution >= 4 is 45.5 Å². The number of anilines is 4. The number of nitrogen functional groups attached to an aromatic ring is 1. The van der Waals surface area contributed by atoms with Gasteiger partial charge in [-0.3, -0.25) is 0 Å². The second kappa shape index (κ2) is 8.81. The first kappa shape index (κ1) is 22.5. The number of likely N-dealkylation sites (N-methyl/N-ethyl adjacent to an activating group) is 1. The summed E-state index contributed by atoms with van der Waals surface area (Å²) in [7, 11) is 6.30. The summed E-state index contributed by atoms with van der Waals surface area (Å²) in [4.78, 5) is 13.8. The molecule has 8 heteroatoms. The Morgan fingerprint density at radius 1 is 1.21 bits per heavy atom. The highest BCUT2D eigenvalue weighted by atomic mass is 35.5. The molecule has 0 spiro atoms. The van der Waals surface area contributed by atoms with E-state index < -0.39 is 0 Å². The molecular weight excluding hydrogens is 446 g/mol. The molecule has 2 aromatic heterocycles. The van der Waals surface area contributed by atoms with Gasteiger partial charge in [-0.05, 0) is 51.2 Å². The molecule has 0 bridgehead atoms. The van der Waals surface area contributed by atoms with Crippen molar-refractivity contribution in [3.05, 3.63) is 59.4 Å². The molecule has 0 radical (unpaired) electrons. The van der Waals surface area contributed by atoms with E-state index in [0.29, 0.717) is 22.7 Å². The predicted octanol–water partition coefficient (Wildman–Crippen LogP) is 5.06. The van der Waals surface area contributed by atoms with E-state index in [1.54, 1.807) is 6.20 Å². The lowest BCUT2D eigenvalue weighted by Gasteiger charge is -2.23. The van der Waals surface area contributed by atoms with E-state index in [4.69, 9.17) is 22.3 Å². The summed E-state index contributed by atoms with van der Waals surface area (Å²) in [5.41, 5.74) is 13.1. The lowest BCUT2D eigenvalue weighted by atomic mass is 10.1. The first-order chi connectivity index (χ1) is 16.3. The van der Waals surface area contributed by atoms with Gasteiger partial charge in [-0.1, -0.05) is 29.8 Å². The summed E-state index contributed by atoms with van der Waals surface area (Å²) in [5, 5.41) is 4.93. The molecule has 3 heterocycles. The Hall–Kier alpha value is -3.29. The van der Waals surface area contributed by atoms with Crippen LogP contribution in [0.25, 0.3) is 22.2 Å². The van der Waals surface area contributed by atoms with Crippen LogP contribution in [-0.2, 0) is 7.05 Å². The largest absolute Gasteiger partial charge is 0.397 e. The number of nitrogens with zero attached hydrogens (tertiary/aromatic N) is 5. The molecule has 3 N–H and O–H groups in total. The van der Waals surface area contributed by atoms with E-state index in [1.807, 2.05) is 19.2 Å². The van der Waals surface area contributed by atoms with Gasteiger partial charge in [0.25, 0.3) is 0 Å². The third-order valence-corrected chi connectivity index (χ3v) is 7.00. The topological polar surface area (TPSA) is 75.2 Å². The monoisotopic (exact) mass is 475 g/mol. The van der Waals surface area contributed by atoms with Gasteiger partial charge in [0.05, 0.1) is 33.8 Å². The fraction of sp³-hybridized carbons (Fsp3) is 0.308. The van der Waals surface area contributed by atoms with Crippen LogP contribution in [0.15, 0.2) is 48.8 Å². The van der Waals surface area contributed by atoms with Crippen molar-refractivity contribution in [2.24, 2.45) is 7.05 Å². The number of halogens is 1. The number of fused-ring (bicyclic) bond motifs is 1. The van der Waals surface area contributed by atoms with Gasteiger partial charge < -0.3 is 25.4 Å². The van der Waals surface area contributed by atoms with E-state index in [2.05, 4.69) is 76.1 Å². The molecule has 2 aromatic carbocycles. The Balaban J connectivity index is 1.42. The number of nitrogens with one attached hydrogen (secondary N) is 1. The molecule has 1 atom stereocenters. The van der Waals surface area contributed by atoms with Gasteiger partial charge in [-0.25, -0.2) is 9.97 Å². The van der Waals surface area contributed by atoms with Gasteiger partial charge in [0.1, 0.15) is 0 Å². The van der Waals surface area contributed by atoms with E-state index in [-0.39, 0.29) is 0 Å². The van der Waals surface area contributed by atoms with Crippen LogP contribution in [-0.4, -0.2) is 52.7 Å². The highest BCUT2D eigenvalue weighted by Gasteiger charge is 2.25. The summed E-state index contributed by atoms with van der Waals surface area (Å²) in [5.74, 6) is 0.477. The smallest absolute Gasteiger partial charge is 0.227 e. The number of aromatic nitrogens is 3. The van der Waals surface area contributed by atoms with Crippen molar-refractivity contribution < 1.29 is 0 Å². The quantitative estimate of drug-likeness (QED) is 0.393. The number of hydrogen-bond donors (Lipinski definition) is 2. The minimum atomic E-state index is 0.477. The molecule has 1 aliphatic rings. The Morgan fingerprint density at radius 2 is 2.03 bits per heavy atom. The zero-order valence-electron chi connectivity index (χ0n) is 20.0. The third-order valence-electron chi connectivity index (χ3n) is 6.72. The number of rotatable bonds is 5. The van der Waals surface area contributed by atoms with Crippen molar-refractivity contribution in [1.29, 1.82) is 0 Å². The van der Waals surface area contributed by atoms with Gasteiger partial charge >= 0.3 is 0 Å². The van der Waals surface area contributed by atoms with Gasteiger partial charge in [0.2, 0.25) is 5.95 Å². The maximum absolute atomic E-state index is 6.54. The predicted molar refractivity (Wildman–Crippen MR) is 142 cm³/mol. The molecule has 1 saturated heterocycles. The number of benzene rings is 2. The van der Waals surface area contributed by atoms with E-state index in [1.165, 1.54) is 11.1 Å². The summed E-state index contributed by atoms with van der Waals surface area (Å²) in [6, 6.07) is 12.8. The molecule has 7 nitrogen and oxygen atoms in total. The average molecular weight is 476 g/mol. The minimum Gasteiger partial charge on any atom is -0.397 e. The van der Waals surface area contributed by atoms with Gasteiger partial charge in [0, 0.05) is 49.0 Å². The lowest BCUT2D eigenvalue weighted by molar-refractivity contribution is 0.315. The number of nitrogens with two attached hydrogens (primary N) is 1. The first-order valence-electron chi connectivity index (χ1n) is 11.5. The highest BCUT2D eigenvalue weighted by molar-refractivity contribution is 6.33. The van der Waals surface area contributed by atoms with Crippen molar-refractivity contribution in [1.82, 2.24) is 19.4 Å². The van der Waals surface area contributed by atoms with Crippen LogP contribution >= 0.6 is 11.6 Å². The van der Waals surface area contributed by atoms with Crippen LogP contribution in [0, 0.1) is 6.92 Å². The molecular formula is C26H30ClN7. The summed E-state index contributed by atoms with van der Waals surface area (Å²) in [6.45, 7) is 4.10. The molecule has 1 aliphatic heterocycles. The van der Waals surface area contributed by atoms with Gasteiger partial charge in [-0.2, -0.15) is 0 Å². The van der Waals surface area contributed by atoms with Gasteiger partial charge in [0.15, 0.2) is 0 Å². The molecule has 0 aliphatic carbocycles. The van der Waals surface area contributed by atoms with Crippen LogP contribution in [0.1, 0.15) is 12.0 Å². The van der Waals surface area contributed by atoms with Crippen LogP contribution in [0.2, 0.25) is 5.02 Å². The average Bonchev–Trinajstić information content (AvgIpc) is 3.41. The summed E-state index contributed by atoms with van der Waals surface area (Å²) < 4.78 is 2.12. The van der Waals surface area contributed by atoms with Gasteiger partial charge in [-0.15, -0.1) is 0 Å². The Bertz CT molecular complexity index is 1360. The Kier molecular flexibility index (Phi) is 5.83. The zero-order chi connectivity index (χ0) is 24.0. The molecule has 4 aromatic rings. The van der Waals surface area contributed by atoms with Crippen LogP contribution < -0.4 is 16.0 Å². The lowest BCUT2D eigenvalue weighted by Crippen LogP contribution is -2.31. The van der Waals surface area contributed by atoms with Crippen LogP contribution in [0.4, 0.5) is 23.0 Å². The van der Waals surface area contributed by atoms with Crippen LogP contribution in [0.5, 0.6) is 0 Å². The summed E-state index contributed by atoms with van der Waals surface area (Å²) >= 11 is 6.54. The SMILES string of the molecule is Cc1cccc2c(-c3nc(Nc4ccc(N5CCC(N(C)C)C5)c(N)c4)ncc3Cl)cn(C)c12. The van der Waals surface area contributed by atoms with E-state index in [9.17, 15) is 0 Å². The fourth-order valence-corrected chi connectivity index (χ4v) is 5.10. The van der Waals surface area contributed by atoms with Crippen molar-refractivity contribution in [3.8, 4) is 11.3 Å². The molecule has 0 saturated carbocycles. The molecule has 1 unspecified atom stereocenters. The molecule has 0 amide bonds. The Labute approximate surface area is 205 Å². The van der Waals surface area contributed by atoms with E-state index >= 15 is 0 Å². The number of aryl methyl sites for hydroxylation is 2. The molecule has 176 valence electrons. The maximum atomic E-state index is 6.54. The molecule has 5 rings (SSSR count). The number of hydrogen-bond acceptors (Lipinski definition) is 6.